The highest BCUT2D eigenvalue weighted by molar-refractivity contribution is 7.80. The number of carbonyl (C=O) groups is 1. The van der Waals surface area contributed by atoms with Crippen LogP contribution in [0.4, 0.5) is 0 Å². The summed E-state index contributed by atoms with van der Waals surface area (Å²) in [6, 6.07) is 17.4. The Morgan fingerprint density at radius 2 is 1.86 bits per heavy atom. The third kappa shape index (κ3) is 7.50. The van der Waals surface area contributed by atoms with E-state index in [9.17, 15) is 4.79 Å². The SMILES string of the molecule is COc1ccc(C=CC(=O)NC(=S)N(CCCCO)Cc2ccccc2)cc1. The van der Waals surface area contributed by atoms with E-state index in [1.54, 1.807) is 13.2 Å². The Bertz CT molecular complexity index is 776. The minimum atomic E-state index is -0.277. The molecule has 2 aromatic carbocycles. The first-order valence-corrected chi connectivity index (χ1v) is 9.60. The van der Waals surface area contributed by atoms with E-state index in [0.717, 1.165) is 23.3 Å². The molecule has 0 saturated heterocycles. The lowest BCUT2D eigenvalue weighted by Gasteiger charge is -2.25. The Morgan fingerprint density at radius 1 is 1.14 bits per heavy atom. The fourth-order valence-corrected chi connectivity index (χ4v) is 2.84. The molecule has 0 saturated carbocycles. The lowest BCUT2D eigenvalue weighted by atomic mass is 10.2. The zero-order chi connectivity index (χ0) is 20.2. The van der Waals surface area contributed by atoms with Gasteiger partial charge in [0.2, 0.25) is 5.91 Å². The molecule has 0 aliphatic carbocycles. The van der Waals surface area contributed by atoms with Crippen molar-refractivity contribution in [2.45, 2.75) is 19.4 Å². The minimum Gasteiger partial charge on any atom is -0.497 e. The molecule has 0 spiro atoms. The fourth-order valence-electron chi connectivity index (χ4n) is 2.58. The van der Waals surface area contributed by atoms with E-state index in [4.69, 9.17) is 22.1 Å². The number of aliphatic hydroxyl groups excluding tert-OH is 1. The molecule has 0 bridgehead atoms. The number of hydrogen-bond acceptors (Lipinski definition) is 4. The number of methoxy groups -OCH3 is 1. The number of aliphatic hydroxyl groups is 1. The van der Waals surface area contributed by atoms with Crippen molar-refractivity contribution in [1.82, 2.24) is 10.2 Å². The van der Waals surface area contributed by atoms with Gasteiger partial charge in [0.25, 0.3) is 0 Å². The van der Waals surface area contributed by atoms with Crippen LogP contribution in [0.3, 0.4) is 0 Å². The third-order valence-electron chi connectivity index (χ3n) is 4.11. The van der Waals surface area contributed by atoms with Gasteiger partial charge in [0.1, 0.15) is 5.75 Å². The Morgan fingerprint density at radius 3 is 2.50 bits per heavy atom. The van der Waals surface area contributed by atoms with Crippen LogP contribution in [0, 0.1) is 0 Å². The first-order valence-electron chi connectivity index (χ1n) is 9.19. The summed E-state index contributed by atoms with van der Waals surface area (Å²) in [5.41, 5.74) is 2.00. The van der Waals surface area contributed by atoms with Crippen molar-refractivity contribution >= 4 is 29.3 Å². The molecule has 148 valence electrons. The molecular weight excluding hydrogens is 372 g/mol. The smallest absolute Gasteiger partial charge is 0.250 e. The predicted molar refractivity (Wildman–Crippen MR) is 116 cm³/mol. The van der Waals surface area contributed by atoms with Crippen LogP contribution in [-0.2, 0) is 11.3 Å². The van der Waals surface area contributed by atoms with Gasteiger partial charge >= 0.3 is 0 Å². The number of ether oxygens (including phenoxy) is 1. The van der Waals surface area contributed by atoms with Gasteiger partial charge in [-0.3, -0.25) is 10.1 Å². The number of amides is 1. The topological polar surface area (TPSA) is 61.8 Å². The highest BCUT2D eigenvalue weighted by Gasteiger charge is 2.12. The number of benzene rings is 2. The maximum absolute atomic E-state index is 12.3. The quantitative estimate of drug-likeness (QED) is 0.385. The maximum Gasteiger partial charge on any atom is 0.250 e. The van der Waals surface area contributed by atoms with E-state index < -0.39 is 0 Å². The molecule has 5 nitrogen and oxygen atoms in total. The van der Waals surface area contributed by atoms with Crippen LogP contribution in [0.5, 0.6) is 5.75 Å². The molecule has 0 aromatic heterocycles. The second-order valence-corrected chi connectivity index (χ2v) is 6.63. The summed E-state index contributed by atoms with van der Waals surface area (Å²) in [5, 5.41) is 12.2. The zero-order valence-corrected chi connectivity index (χ0v) is 16.8. The van der Waals surface area contributed by atoms with Gasteiger partial charge in [-0.1, -0.05) is 42.5 Å². The van der Waals surface area contributed by atoms with Crippen LogP contribution >= 0.6 is 12.2 Å². The van der Waals surface area contributed by atoms with Crippen molar-refractivity contribution in [3.8, 4) is 5.75 Å². The fraction of sp³-hybridized carbons (Fsp3) is 0.273. The molecular formula is C22H26N2O3S. The molecule has 0 unspecified atom stereocenters. The average Bonchev–Trinajstić information content (AvgIpc) is 2.72. The van der Waals surface area contributed by atoms with Gasteiger partial charge in [-0.15, -0.1) is 0 Å². The highest BCUT2D eigenvalue weighted by atomic mass is 32.1. The summed E-state index contributed by atoms with van der Waals surface area (Å²) >= 11 is 5.45. The van der Waals surface area contributed by atoms with Crippen LogP contribution < -0.4 is 10.1 Å². The summed E-state index contributed by atoms with van der Waals surface area (Å²) < 4.78 is 5.12. The molecule has 0 atom stereocenters. The standard InChI is InChI=1S/C22H26N2O3S/c1-27-20-12-9-18(10-13-20)11-14-21(26)23-22(28)24(15-5-6-16-25)17-19-7-3-2-4-8-19/h2-4,7-14,25H,5-6,15-17H2,1H3,(H,23,26,28). The van der Waals surface area contributed by atoms with Crippen LogP contribution in [0.25, 0.3) is 6.08 Å². The van der Waals surface area contributed by atoms with E-state index in [1.165, 1.54) is 6.08 Å². The van der Waals surface area contributed by atoms with Gasteiger partial charge in [0.15, 0.2) is 5.11 Å². The molecule has 2 N–H and O–H groups in total. The third-order valence-corrected chi connectivity index (χ3v) is 4.47. The largest absolute Gasteiger partial charge is 0.497 e. The maximum atomic E-state index is 12.3. The normalized spacial score (nSPS) is 10.6. The van der Waals surface area contributed by atoms with Gasteiger partial charge in [0.05, 0.1) is 7.11 Å². The summed E-state index contributed by atoms with van der Waals surface area (Å²) in [4.78, 5) is 14.2. The summed E-state index contributed by atoms with van der Waals surface area (Å²) in [7, 11) is 1.61. The number of unbranched alkanes of at least 4 members (excludes halogenated alkanes) is 1. The molecule has 0 aliphatic heterocycles. The van der Waals surface area contributed by atoms with Gasteiger partial charge in [0, 0.05) is 25.8 Å². The van der Waals surface area contributed by atoms with Gasteiger partial charge in [-0.2, -0.15) is 0 Å². The summed E-state index contributed by atoms with van der Waals surface area (Å²) in [6.45, 7) is 1.41. The van der Waals surface area contributed by atoms with E-state index in [2.05, 4.69) is 5.32 Å². The monoisotopic (exact) mass is 398 g/mol. The second kappa shape index (κ2) is 11.9. The molecule has 6 heteroatoms. The first-order chi connectivity index (χ1) is 13.6. The Balaban J connectivity index is 1.95. The molecule has 2 rings (SSSR count). The predicted octanol–water partition coefficient (Wildman–Crippen LogP) is 3.38. The van der Waals surface area contributed by atoms with E-state index in [1.807, 2.05) is 59.5 Å². The molecule has 0 aliphatic rings. The summed E-state index contributed by atoms with van der Waals surface area (Å²) in [5.74, 6) is 0.489. The van der Waals surface area contributed by atoms with E-state index >= 15 is 0 Å². The number of carbonyl (C=O) groups excluding carboxylic acids is 1. The van der Waals surface area contributed by atoms with E-state index in [0.29, 0.717) is 24.6 Å². The van der Waals surface area contributed by atoms with Crippen LogP contribution in [0.1, 0.15) is 24.0 Å². The minimum absolute atomic E-state index is 0.142. The van der Waals surface area contributed by atoms with Crippen LogP contribution in [0.2, 0.25) is 0 Å². The van der Waals surface area contributed by atoms with Crippen LogP contribution in [0.15, 0.2) is 60.7 Å². The molecule has 1 amide bonds. The van der Waals surface area contributed by atoms with Gasteiger partial charge in [-0.05, 0) is 54.4 Å². The van der Waals surface area contributed by atoms with Crippen molar-refractivity contribution in [3.63, 3.8) is 0 Å². The van der Waals surface area contributed by atoms with Crippen molar-refractivity contribution in [2.75, 3.05) is 20.3 Å². The van der Waals surface area contributed by atoms with Gasteiger partial charge in [-0.25, -0.2) is 0 Å². The number of nitrogens with zero attached hydrogens (tertiary/aromatic N) is 1. The van der Waals surface area contributed by atoms with Crippen LogP contribution in [-0.4, -0.2) is 41.3 Å². The summed E-state index contributed by atoms with van der Waals surface area (Å²) in [6.07, 6.45) is 4.67. The first kappa shape index (κ1) is 21.6. The Hall–Kier alpha value is -2.70. The van der Waals surface area contributed by atoms with E-state index in [-0.39, 0.29) is 12.5 Å². The van der Waals surface area contributed by atoms with Crippen molar-refractivity contribution in [1.29, 1.82) is 0 Å². The lowest BCUT2D eigenvalue weighted by molar-refractivity contribution is -0.115. The average molecular weight is 399 g/mol. The zero-order valence-electron chi connectivity index (χ0n) is 16.0. The van der Waals surface area contributed by atoms with Gasteiger partial charge < -0.3 is 14.7 Å². The molecule has 0 radical (unpaired) electrons. The Labute approximate surface area is 171 Å². The number of thiocarbonyl (C=S) groups is 1. The number of hydrogen-bond donors (Lipinski definition) is 2. The number of rotatable bonds is 9. The highest BCUT2D eigenvalue weighted by Crippen LogP contribution is 2.12. The molecule has 2 aromatic rings. The second-order valence-electron chi connectivity index (χ2n) is 6.24. The molecule has 0 heterocycles. The molecule has 28 heavy (non-hydrogen) atoms. The van der Waals surface area contributed by atoms with Crippen molar-refractivity contribution < 1.29 is 14.6 Å². The lowest BCUT2D eigenvalue weighted by Crippen LogP contribution is -2.42. The Kier molecular flexibility index (Phi) is 9.18. The van der Waals surface area contributed by atoms with Crippen molar-refractivity contribution in [2.24, 2.45) is 0 Å². The number of nitrogens with one attached hydrogen (secondary N) is 1. The van der Waals surface area contributed by atoms with Crippen molar-refractivity contribution in [3.05, 3.63) is 71.8 Å². The molecule has 0 fully saturated rings.